The number of nitrogens with zero attached hydrogens (tertiary/aromatic N) is 3. The van der Waals surface area contributed by atoms with Crippen molar-refractivity contribution in [1.82, 2.24) is 15.1 Å². The molecule has 3 rings (SSSR count). The Bertz CT molecular complexity index is 818. The van der Waals surface area contributed by atoms with Gasteiger partial charge in [0.2, 0.25) is 11.8 Å². The highest BCUT2D eigenvalue weighted by Gasteiger charge is 2.35. The standard InChI is InChI=1S/C19H23ClN4O2/c1-13-10-14(2)24(22-13)9-5-8-21-19(26)15-11-18(25)23(12-15)17-7-4-3-6-16(17)20/h3-4,6-7,10,15H,5,8-9,11-12H2,1-2H3,(H,21,26)/t15-/m0/s1. The summed E-state index contributed by atoms with van der Waals surface area (Å²) in [5.74, 6) is -0.491. The van der Waals surface area contributed by atoms with Gasteiger partial charge in [-0.15, -0.1) is 0 Å². The summed E-state index contributed by atoms with van der Waals surface area (Å²) in [7, 11) is 0. The SMILES string of the molecule is Cc1cc(C)n(CCCNC(=O)[C@H]2CC(=O)N(c3ccccc3Cl)C2)n1. The normalized spacial score (nSPS) is 17.0. The maximum Gasteiger partial charge on any atom is 0.227 e. The maximum absolute atomic E-state index is 12.4. The lowest BCUT2D eigenvalue weighted by molar-refractivity contribution is -0.126. The highest BCUT2D eigenvalue weighted by Crippen LogP contribution is 2.30. The summed E-state index contributed by atoms with van der Waals surface area (Å²) < 4.78 is 1.94. The van der Waals surface area contributed by atoms with E-state index in [0.29, 0.717) is 23.8 Å². The van der Waals surface area contributed by atoms with Gasteiger partial charge in [0.15, 0.2) is 0 Å². The Morgan fingerprint density at radius 2 is 2.12 bits per heavy atom. The minimum absolute atomic E-state index is 0.0686. The van der Waals surface area contributed by atoms with Gasteiger partial charge in [0, 0.05) is 31.7 Å². The summed E-state index contributed by atoms with van der Waals surface area (Å²) in [6, 6.07) is 9.23. The molecule has 1 aromatic heterocycles. The van der Waals surface area contributed by atoms with Crippen molar-refractivity contribution >= 4 is 29.1 Å². The molecule has 138 valence electrons. The van der Waals surface area contributed by atoms with Crippen molar-refractivity contribution in [2.24, 2.45) is 5.92 Å². The van der Waals surface area contributed by atoms with Crippen molar-refractivity contribution in [1.29, 1.82) is 0 Å². The Morgan fingerprint density at radius 3 is 2.81 bits per heavy atom. The van der Waals surface area contributed by atoms with Gasteiger partial charge in [0.05, 0.1) is 22.3 Å². The molecular formula is C19H23ClN4O2. The van der Waals surface area contributed by atoms with Crippen LogP contribution < -0.4 is 10.2 Å². The molecular weight excluding hydrogens is 352 g/mol. The van der Waals surface area contributed by atoms with Crippen molar-refractivity contribution in [3.05, 3.63) is 46.7 Å². The molecule has 0 saturated carbocycles. The molecule has 1 fully saturated rings. The van der Waals surface area contributed by atoms with Gasteiger partial charge in [-0.2, -0.15) is 5.10 Å². The molecule has 1 atom stereocenters. The lowest BCUT2D eigenvalue weighted by Gasteiger charge is -2.18. The zero-order chi connectivity index (χ0) is 18.7. The van der Waals surface area contributed by atoms with Crippen LogP contribution in [-0.2, 0) is 16.1 Å². The molecule has 1 aliphatic heterocycles. The Kier molecular flexibility index (Phi) is 5.61. The van der Waals surface area contributed by atoms with Crippen LogP contribution in [0.2, 0.25) is 5.02 Å². The molecule has 26 heavy (non-hydrogen) atoms. The molecule has 2 aromatic rings. The van der Waals surface area contributed by atoms with E-state index in [-0.39, 0.29) is 24.2 Å². The van der Waals surface area contributed by atoms with E-state index in [1.54, 1.807) is 17.0 Å². The molecule has 0 unspecified atom stereocenters. The molecule has 1 saturated heterocycles. The van der Waals surface area contributed by atoms with Gasteiger partial charge in [0.1, 0.15) is 0 Å². The molecule has 2 amide bonds. The van der Waals surface area contributed by atoms with E-state index in [4.69, 9.17) is 11.6 Å². The molecule has 6 nitrogen and oxygen atoms in total. The third-order valence-corrected chi connectivity index (χ3v) is 4.91. The first-order chi connectivity index (χ1) is 12.5. The minimum atomic E-state index is -0.340. The molecule has 1 aliphatic rings. The predicted octanol–water partition coefficient (Wildman–Crippen LogP) is 2.71. The van der Waals surface area contributed by atoms with E-state index < -0.39 is 0 Å². The monoisotopic (exact) mass is 374 g/mol. The summed E-state index contributed by atoms with van der Waals surface area (Å²) in [4.78, 5) is 26.3. The van der Waals surface area contributed by atoms with Crippen LogP contribution in [0.4, 0.5) is 5.69 Å². The van der Waals surface area contributed by atoms with Crippen molar-refractivity contribution in [2.45, 2.75) is 33.2 Å². The van der Waals surface area contributed by atoms with Gasteiger partial charge < -0.3 is 10.2 Å². The van der Waals surface area contributed by atoms with Crippen LogP contribution in [0, 0.1) is 19.8 Å². The highest BCUT2D eigenvalue weighted by molar-refractivity contribution is 6.33. The molecule has 0 bridgehead atoms. The lowest BCUT2D eigenvalue weighted by Crippen LogP contribution is -2.34. The Labute approximate surface area is 158 Å². The number of halogens is 1. The number of rotatable bonds is 6. The van der Waals surface area contributed by atoms with E-state index in [1.807, 2.05) is 36.7 Å². The van der Waals surface area contributed by atoms with E-state index in [1.165, 1.54) is 0 Å². The van der Waals surface area contributed by atoms with E-state index in [2.05, 4.69) is 10.4 Å². The first kappa shape index (κ1) is 18.5. The first-order valence-corrected chi connectivity index (χ1v) is 9.17. The van der Waals surface area contributed by atoms with E-state index in [0.717, 1.165) is 24.4 Å². The number of hydrogen-bond acceptors (Lipinski definition) is 3. The van der Waals surface area contributed by atoms with Crippen LogP contribution in [-0.4, -0.2) is 34.7 Å². The molecule has 0 aliphatic carbocycles. The van der Waals surface area contributed by atoms with Crippen molar-refractivity contribution in [3.8, 4) is 0 Å². The van der Waals surface area contributed by atoms with Gasteiger partial charge >= 0.3 is 0 Å². The number of aryl methyl sites for hydroxylation is 3. The number of para-hydroxylation sites is 1. The van der Waals surface area contributed by atoms with Crippen molar-refractivity contribution in [2.75, 3.05) is 18.0 Å². The van der Waals surface area contributed by atoms with Crippen molar-refractivity contribution in [3.63, 3.8) is 0 Å². The fourth-order valence-electron chi connectivity index (χ4n) is 3.27. The second-order valence-electron chi connectivity index (χ2n) is 6.65. The summed E-state index contributed by atoms with van der Waals surface area (Å²) >= 11 is 6.17. The van der Waals surface area contributed by atoms with Crippen LogP contribution in [0.3, 0.4) is 0 Å². The second kappa shape index (κ2) is 7.91. The Morgan fingerprint density at radius 1 is 1.35 bits per heavy atom. The first-order valence-electron chi connectivity index (χ1n) is 8.79. The van der Waals surface area contributed by atoms with Gasteiger partial charge in [-0.25, -0.2) is 0 Å². The fraction of sp³-hybridized carbons (Fsp3) is 0.421. The smallest absolute Gasteiger partial charge is 0.227 e. The molecule has 1 aromatic carbocycles. The zero-order valence-electron chi connectivity index (χ0n) is 15.0. The third-order valence-electron chi connectivity index (χ3n) is 4.59. The molecule has 2 heterocycles. The summed E-state index contributed by atoms with van der Waals surface area (Å²) in [5.41, 5.74) is 2.78. The minimum Gasteiger partial charge on any atom is -0.356 e. The molecule has 1 N–H and O–H groups in total. The number of carbonyl (C=O) groups is 2. The third kappa shape index (κ3) is 4.07. The second-order valence-corrected chi connectivity index (χ2v) is 7.06. The van der Waals surface area contributed by atoms with Crippen LogP contribution in [0.15, 0.2) is 30.3 Å². The fourth-order valence-corrected chi connectivity index (χ4v) is 3.51. The Balaban J connectivity index is 1.49. The molecule has 0 spiro atoms. The maximum atomic E-state index is 12.4. The summed E-state index contributed by atoms with van der Waals surface area (Å²) in [6.45, 7) is 5.67. The number of nitrogens with one attached hydrogen (secondary N) is 1. The average molecular weight is 375 g/mol. The lowest BCUT2D eigenvalue weighted by atomic mass is 10.1. The number of anilines is 1. The molecule has 7 heteroatoms. The van der Waals surface area contributed by atoms with Crippen LogP contribution in [0.1, 0.15) is 24.2 Å². The highest BCUT2D eigenvalue weighted by atomic mass is 35.5. The van der Waals surface area contributed by atoms with E-state index >= 15 is 0 Å². The van der Waals surface area contributed by atoms with Gasteiger partial charge in [-0.05, 0) is 38.5 Å². The van der Waals surface area contributed by atoms with Crippen LogP contribution >= 0.6 is 11.6 Å². The largest absolute Gasteiger partial charge is 0.356 e. The average Bonchev–Trinajstić information content (AvgIpc) is 3.14. The predicted molar refractivity (Wildman–Crippen MR) is 101 cm³/mol. The summed E-state index contributed by atoms with van der Waals surface area (Å²) in [5, 5.41) is 7.86. The van der Waals surface area contributed by atoms with E-state index in [9.17, 15) is 9.59 Å². The molecule has 0 radical (unpaired) electrons. The summed E-state index contributed by atoms with van der Waals surface area (Å²) in [6.07, 6.45) is 1.01. The van der Waals surface area contributed by atoms with Crippen molar-refractivity contribution < 1.29 is 9.59 Å². The van der Waals surface area contributed by atoms with Gasteiger partial charge in [-0.1, -0.05) is 23.7 Å². The zero-order valence-corrected chi connectivity index (χ0v) is 15.8. The number of amides is 2. The Hall–Kier alpha value is -2.34. The van der Waals surface area contributed by atoms with Gasteiger partial charge in [-0.3, -0.25) is 14.3 Å². The van der Waals surface area contributed by atoms with Crippen LogP contribution in [0.25, 0.3) is 0 Å². The number of aromatic nitrogens is 2. The number of carbonyl (C=O) groups excluding carboxylic acids is 2. The number of hydrogen-bond donors (Lipinski definition) is 1. The van der Waals surface area contributed by atoms with Gasteiger partial charge in [0.25, 0.3) is 0 Å². The van der Waals surface area contributed by atoms with Crippen LogP contribution in [0.5, 0.6) is 0 Å². The number of benzene rings is 1. The quantitative estimate of drug-likeness (QED) is 0.790. The topological polar surface area (TPSA) is 67.2 Å².